The molecule has 0 spiro atoms. The molecule has 0 bridgehead atoms. The highest BCUT2D eigenvalue weighted by Crippen LogP contribution is 2.42. The molecule has 0 fully saturated rings. The molecular weight excluding hydrogens is 481 g/mol. The Bertz CT molecular complexity index is 732. The van der Waals surface area contributed by atoms with Crippen molar-refractivity contribution in [3.8, 4) is 0 Å². The van der Waals surface area contributed by atoms with E-state index >= 15 is 0 Å². The molecule has 0 aliphatic carbocycles. The zero-order valence-corrected chi connectivity index (χ0v) is 22.6. The second-order valence-corrected chi connectivity index (χ2v) is 9.51. The van der Waals surface area contributed by atoms with Crippen LogP contribution in [0.4, 0.5) is 0 Å². The molecule has 0 aromatic carbocycles. The number of phosphoric ester groups is 1. The van der Waals surface area contributed by atoms with Gasteiger partial charge in [-0.05, 0) is 44.9 Å². The van der Waals surface area contributed by atoms with Gasteiger partial charge in [0, 0.05) is 13.0 Å². The van der Waals surface area contributed by atoms with Gasteiger partial charge in [0.25, 0.3) is 0 Å². The highest BCUT2D eigenvalue weighted by molar-refractivity contribution is 7.47. The standard InChI is InChI=1S/C27H46NO7P/c1-2-3-4-5-6-7-8-9-10-11-12-13-14-15-16-17-18-19-20-21-27(30)33-24-26(29)25-35-36(31,32)34-23-22-28/h6-7,9-10,12-13,15-16,18-19,26,29H,2-5,8,11,14,17,20-25,28H2,1H3,(H,31,32)/b7-6+,10-9+,13-12+,16-15+,19-18+/t26-/m1/s1. The molecule has 36 heavy (non-hydrogen) atoms. The van der Waals surface area contributed by atoms with Crippen LogP contribution in [0.1, 0.15) is 71.1 Å². The van der Waals surface area contributed by atoms with Gasteiger partial charge in [0.15, 0.2) is 0 Å². The van der Waals surface area contributed by atoms with Gasteiger partial charge in [0.05, 0.1) is 13.2 Å². The first-order valence-corrected chi connectivity index (χ1v) is 14.3. The number of ether oxygens (including phenoxy) is 1. The molecule has 1 unspecified atom stereocenters. The van der Waals surface area contributed by atoms with E-state index in [0.717, 1.165) is 25.7 Å². The van der Waals surface area contributed by atoms with Crippen LogP contribution in [0, 0.1) is 0 Å². The van der Waals surface area contributed by atoms with Crippen LogP contribution >= 0.6 is 7.82 Å². The van der Waals surface area contributed by atoms with Gasteiger partial charge in [-0.15, -0.1) is 0 Å². The zero-order chi connectivity index (χ0) is 26.7. The van der Waals surface area contributed by atoms with E-state index in [1.54, 1.807) is 0 Å². The highest BCUT2D eigenvalue weighted by Gasteiger charge is 2.22. The number of carbonyl (C=O) groups excluding carboxylic acids is 1. The largest absolute Gasteiger partial charge is 0.472 e. The summed E-state index contributed by atoms with van der Waals surface area (Å²) in [6.45, 7) is 1.31. The van der Waals surface area contributed by atoms with E-state index in [-0.39, 0.29) is 26.2 Å². The number of hydrogen-bond acceptors (Lipinski definition) is 7. The number of allylic oxidation sites excluding steroid dienone is 10. The quantitative estimate of drug-likeness (QED) is 0.0670. The van der Waals surface area contributed by atoms with E-state index in [9.17, 15) is 19.4 Å². The maximum Gasteiger partial charge on any atom is 0.472 e. The molecule has 0 amide bonds. The number of rotatable bonds is 23. The van der Waals surface area contributed by atoms with Gasteiger partial charge in [-0.25, -0.2) is 4.57 Å². The van der Waals surface area contributed by atoms with Crippen LogP contribution in [-0.4, -0.2) is 48.4 Å². The summed E-state index contributed by atoms with van der Waals surface area (Å²) in [6, 6.07) is 0. The van der Waals surface area contributed by atoms with Crippen molar-refractivity contribution in [3.63, 3.8) is 0 Å². The van der Waals surface area contributed by atoms with Gasteiger partial charge in [-0.3, -0.25) is 13.8 Å². The number of nitrogens with two attached hydrogens (primary N) is 1. The summed E-state index contributed by atoms with van der Waals surface area (Å²) in [7, 11) is -4.26. The Balaban J connectivity index is 3.71. The fourth-order valence-electron chi connectivity index (χ4n) is 2.73. The lowest BCUT2D eigenvalue weighted by Gasteiger charge is -2.15. The molecular formula is C27H46NO7P. The van der Waals surface area contributed by atoms with E-state index in [1.165, 1.54) is 25.7 Å². The first kappa shape index (κ1) is 34.2. The summed E-state index contributed by atoms with van der Waals surface area (Å²) in [5.74, 6) is -0.469. The number of esters is 1. The fourth-order valence-corrected chi connectivity index (χ4v) is 3.50. The van der Waals surface area contributed by atoms with Crippen LogP contribution in [0.5, 0.6) is 0 Å². The number of phosphoric acid groups is 1. The third-order valence-electron chi connectivity index (χ3n) is 4.65. The molecule has 2 atom stereocenters. The Hall–Kier alpha value is -1.80. The SMILES string of the molecule is CCCCC/C=C/C/C=C/C/C=C/C/C=C/C/C=C/CCC(=O)OC[C@@H](O)COP(=O)(O)OCCN. The van der Waals surface area contributed by atoms with Gasteiger partial charge in [-0.2, -0.15) is 0 Å². The predicted octanol–water partition coefficient (Wildman–Crippen LogP) is 5.68. The lowest BCUT2D eigenvalue weighted by molar-refractivity contribution is -0.147. The van der Waals surface area contributed by atoms with Crippen molar-refractivity contribution < 1.29 is 33.1 Å². The Labute approximate surface area is 217 Å². The lowest BCUT2D eigenvalue weighted by Crippen LogP contribution is -2.23. The van der Waals surface area contributed by atoms with Gasteiger partial charge in [0.1, 0.15) is 12.7 Å². The Morgan fingerprint density at radius 2 is 1.36 bits per heavy atom. The third-order valence-corrected chi connectivity index (χ3v) is 5.63. The van der Waals surface area contributed by atoms with Crippen LogP contribution in [0.15, 0.2) is 60.8 Å². The van der Waals surface area contributed by atoms with Gasteiger partial charge in [-0.1, -0.05) is 80.5 Å². The Kier molecular flexibility index (Phi) is 23.6. The second-order valence-electron chi connectivity index (χ2n) is 8.06. The summed E-state index contributed by atoms with van der Waals surface area (Å²) in [6.07, 6.45) is 29.4. The maximum atomic E-state index is 11.7. The molecule has 9 heteroatoms. The third kappa shape index (κ3) is 25.3. The molecule has 4 N–H and O–H groups in total. The van der Waals surface area contributed by atoms with Gasteiger partial charge >= 0.3 is 13.8 Å². The summed E-state index contributed by atoms with van der Waals surface area (Å²) in [5.41, 5.74) is 5.17. The molecule has 0 saturated carbocycles. The van der Waals surface area contributed by atoms with Crippen molar-refractivity contribution in [2.45, 2.75) is 77.2 Å². The molecule has 0 saturated heterocycles. The summed E-state index contributed by atoms with van der Waals surface area (Å²) < 4.78 is 25.5. The van der Waals surface area contributed by atoms with Crippen molar-refractivity contribution in [2.75, 3.05) is 26.4 Å². The normalized spacial score (nSPS) is 15.1. The minimum atomic E-state index is -4.26. The van der Waals surface area contributed by atoms with E-state index in [2.05, 4.69) is 64.6 Å². The smallest absolute Gasteiger partial charge is 0.463 e. The molecule has 0 aliphatic heterocycles. The fraction of sp³-hybridized carbons (Fsp3) is 0.593. The van der Waals surface area contributed by atoms with E-state index in [4.69, 9.17) is 10.5 Å². The number of hydrogen-bond donors (Lipinski definition) is 3. The van der Waals surface area contributed by atoms with Crippen molar-refractivity contribution in [2.24, 2.45) is 5.73 Å². The molecule has 0 heterocycles. The summed E-state index contributed by atoms with van der Waals surface area (Å²) in [4.78, 5) is 21.0. The molecule has 0 rings (SSSR count). The van der Waals surface area contributed by atoms with Crippen LogP contribution in [-0.2, 0) is 23.1 Å². The van der Waals surface area contributed by atoms with Crippen molar-refractivity contribution in [1.82, 2.24) is 0 Å². The maximum absolute atomic E-state index is 11.7. The lowest BCUT2D eigenvalue weighted by atomic mass is 10.2. The molecule has 0 aromatic rings. The summed E-state index contributed by atoms with van der Waals surface area (Å²) in [5, 5.41) is 9.67. The predicted molar refractivity (Wildman–Crippen MR) is 145 cm³/mol. The molecule has 0 aromatic heterocycles. The Morgan fingerprint density at radius 1 is 0.833 bits per heavy atom. The Morgan fingerprint density at radius 3 is 1.89 bits per heavy atom. The average Bonchev–Trinajstić information content (AvgIpc) is 2.86. The van der Waals surface area contributed by atoms with Crippen LogP contribution in [0.2, 0.25) is 0 Å². The second kappa shape index (κ2) is 24.9. The number of aliphatic hydroxyl groups is 1. The van der Waals surface area contributed by atoms with E-state index in [1.807, 2.05) is 12.2 Å². The molecule has 0 radical (unpaired) electrons. The van der Waals surface area contributed by atoms with Gasteiger partial charge in [0.2, 0.25) is 0 Å². The number of aliphatic hydroxyl groups excluding tert-OH is 1. The minimum Gasteiger partial charge on any atom is -0.463 e. The van der Waals surface area contributed by atoms with E-state index < -0.39 is 26.5 Å². The molecule has 8 nitrogen and oxygen atoms in total. The van der Waals surface area contributed by atoms with E-state index in [0.29, 0.717) is 6.42 Å². The van der Waals surface area contributed by atoms with Crippen molar-refractivity contribution in [1.29, 1.82) is 0 Å². The first-order valence-electron chi connectivity index (χ1n) is 12.8. The highest BCUT2D eigenvalue weighted by atomic mass is 31.2. The van der Waals surface area contributed by atoms with Gasteiger partial charge < -0.3 is 20.5 Å². The molecule has 206 valence electrons. The first-order chi connectivity index (χ1) is 17.4. The number of carbonyl (C=O) groups is 1. The van der Waals surface area contributed by atoms with Crippen LogP contribution in [0.25, 0.3) is 0 Å². The van der Waals surface area contributed by atoms with Crippen LogP contribution < -0.4 is 5.73 Å². The van der Waals surface area contributed by atoms with Crippen LogP contribution in [0.3, 0.4) is 0 Å². The number of unbranched alkanes of at least 4 members (excludes halogenated alkanes) is 3. The topological polar surface area (TPSA) is 128 Å². The summed E-state index contributed by atoms with van der Waals surface area (Å²) >= 11 is 0. The minimum absolute atomic E-state index is 0.0616. The average molecular weight is 528 g/mol. The van der Waals surface area contributed by atoms with Crippen molar-refractivity contribution >= 4 is 13.8 Å². The monoisotopic (exact) mass is 527 g/mol. The molecule has 0 aliphatic rings. The zero-order valence-electron chi connectivity index (χ0n) is 21.7. The van der Waals surface area contributed by atoms with Crippen molar-refractivity contribution in [3.05, 3.63) is 60.8 Å².